The average Bonchev–Trinajstić information content (AvgIpc) is 1.65. The third kappa shape index (κ3) is 13.2. The monoisotopic (exact) mass is 1150 g/mol. The minimum absolute atomic E-state index is 0.0259. The van der Waals surface area contributed by atoms with Gasteiger partial charge in [0.25, 0.3) is 5.91 Å². The predicted octanol–water partition coefficient (Wildman–Crippen LogP) is 3.37. The van der Waals surface area contributed by atoms with Gasteiger partial charge >= 0.3 is 5.97 Å². The molecule has 22 heteroatoms. The summed E-state index contributed by atoms with van der Waals surface area (Å²) in [5.74, 6) is -7.83. The molecule has 0 unspecified atom stereocenters. The largest absolute Gasteiger partial charge is 0.508 e. The van der Waals surface area contributed by atoms with E-state index < -0.39 is 113 Å². The fourth-order valence-electron chi connectivity index (χ4n) is 11.0. The first kappa shape index (κ1) is 60.9. The number of amides is 7. The zero-order valence-corrected chi connectivity index (χ0v) is 47.1. The lowest BCUT2D eigenvalue weighted by Gasteiger charge is -2.36. The number of unbranched alkanes of at least 4 members (excludes halogenated alkanes) is 1. The number of nitrogens with two attached hydrogens (primary N) is 3. The number of carbonyl (C=O) groups is 9. The molecule has 3 aliphatic heterocycles. The predicted molar refractivity (Wildman–Crippen MR) is 307 cm³/mol. The third-order valence-electron chi connectivity index (χ3n) is 15.5. The molecule has 7 atom stereocenters. The van der Waals surface area contributed by atoms with E-state index in [0.29, 0.717) is 40.7 Å². The lowest BCUT2D eigenvalue weighted by molar-refractivity contribution is -0.143. The number of primary amides is 1. The number of phenolic OH excluding ortho intramolecular Hbond substituents is 2. The average molecular weight is 1150 g/mol. The number of nitrogens with zero attached hydrogens (tertiary/aromatic N) is 1. The van der Waals surface area contributed by atoms with Gasteiger partial charge in [0.15, 0.2) is 11.4 Å². The van der Waals surface area contributed by atoms with Gasteiger partial charge in [-0.25, -0.2) is 4.79 Å². The van der Waals surface area contributed by atoms with Gasteiger partial charge in [0, 0.05) is 66.4 Å². The van der Waals surface area contributed by atoms with Crippen molar-refractivity contribution in [1.29, 1.82) is 0 Å². The summed E-state index contributed by atoms with van der Waals surface area (Å²) in [7, 11) is 0. The van der Waals surface area contributed by atoms with Crippen LogP contribution in [0.25, 0.3) is 0 Å². The maximum Gasteiger partial charge on any atom is 0.340 e. The number of esters is 1. The first-order valence-corrected chi connectivity index (χ1v) is 28.0. The highest BCUT2D eigenvalue weighted by molar-refractivity contribution is 6.02. The van der Waals surface area contributed by atoms with Crippen LogP contribution in [0.5, 0.6) is 23.0 Å². The topological polar surface area (TPSA) is 354 Å². The summed E-state index contributed by atoms with van der Waals surface area (Å²) in [6, 6.07) is 24.5. The number of hydrogen-bond donors (Lipinski definition) is 10. The molecule has 1 spiro atoms. The van der Waals surface area contributed by atoms with Crippen molar-refractivity contribution in [3.05, 3.63) is 154 Å². The number of rotatable bonds is 24. The smallest absolute Gasteiger partial charge is 0.340 e. The van der Waals surface area contributed by atoms with E-state index in [0.717, 1.165) is 0 Å². The van der Waals surface area contributed by atoms with E-state index >= 15 is 0 Å². The molecule has 1 saturated heterocycles. The molecule has 3 heterocycles. The van der Waals surface area contributed by atoms with Gasteiger partial charge in [-0.3, -0.25) is 38.4 Å². The molecular formula is C62H71N9O13. The molecule has 442 valence electrons. The van der Waals surface area contributed by atoms with Gasteiger partial charge in [0.2, 0.25) is 35.4 Å². The maximum absolute atomic E-state index is 14.9. The number of ketones is 1. The van der Waals surface area contributed by atoms with E-state index in [4.69, 9.17) is 26.7 Å². The van der Waals surface area contributed by atoms with Gasteiger partial charge in [-0.1, -0.05) is 80.6 Å². The second-order valence-corrected chi connectivity index (χ2v) is 21.8. The molecular weight excluding hydrogens is 1080 g/mol. The van der Waals surface area contributed by atoms with Crippen LogP contribution in [0.1, 0.15) is 121 Å². The Labute approximate surface area is 485 Å². The van der Waals surface area contributed by atoms with Crippen molar-refractivity contribution >= 4 is 53.1 Å². The number of nitrogens with one attached hydrogen (secondary N) is 5. The van der Waals surface area contributed by atoms with Crippen LogP contribution < -0.4 is 48.5 Å². The van der Waals surface area contributed by atoms with Crippen molar-refractivity contribution in [2.24, 2.45) is 29.0 Å². The van der Waals surface area contributed by atoms with E-state index in [1.807, 2.05) is 0 Å². The van der Waals surface area contributed by atoms with E-state index in [9.17, 15) is 53.4 Å². The molecule has 5 aromatic rings. The Morgan fingerprint density at radius 1 is 0.714 bits per heavy atom. The molecule has 0 aliphatic carbocycles. The summed E-state index contributed by atoms with van der Waals surface area (Å²) in [4.78, 5) is 125. The Hall–Kier alpha value is -9.15. The molecule has 84 heavy (non-hydrogen) atoms. The second kappa shape index (κ2) is 26.4. The standard InChI is InChI=1S/C62H71N9O13/c1-33(2)52(69-55(76)34(3)64)60(81)71-27-13-19-47(71)58(79)70-53(51(36-14-7-5-8-15-36)37-16-9-6-10-17-37)59(80)67-35(4)56(77)68-46(48(74)29-39(32-63)54(65)75)18-11-12-26-66-57(78)38-20-23-43-42(28-38)61(82)84-62(43)44-24-21-40(72)30-49(44)83-50-31-41(73)22-25-45(50)62/h5-10,14-17,20-25,28,30-31,33-35,39,46-47,51-53,72-73H,11-13,18-19,26-27,29,32,63-64H2,1-4H3,(H2,65,75)(H,66,78)(H,67,80)(H,68,77)(H,69,76)(H,70,79)/t34-,35-,39-,46-,47-,52-,53-/m0/s1. The molecule has 0 radical (unpaired) electrons. The minimum Gasteiger partial charge on any atom is -0.508 e. The van der Waals surface area contributed by atoms with Crippen LogP contribution >= 0.6 is 0 Å². The Morgan fingerprint density at radius 3 is 1.89 bits per heavy atom. The second-order valence-electron chi connectivity index (χ2n) is 21.8. The van der Waals surface area contributed by atoms with Crippen LogP contribution in [0, 0.1) is 11.8 Å². The fraction of sp³-hybridized carbons (Fsp3) is 0.371. The zero-order valence-electron chi connectivity index (χ0n) is 47.1. The van der Waals surface area contributed by atoms with Gasteiger partial charge in [0.1, 0.15) is 47.2 Å². The van der Waals surface area contributed by atoms with E-state index in [2.05, 4.69) is 26.6 Å². The Balaban J connectivity index is 0.959. The molecule has 8 rings (SSSR count). The summed E-state index contributed by atoms with van der Waals surface area (Å²) >= 11 is 0. The third-order valence-corrected chi connectivity index (χ3v) is 15.5. The fourth-order valence-corrected chi connectivity index (χ4v) is 11.0. The van der Waals surface area contributed by atoms with Gasteiger partial charge < -0.3 is 68.4 Å². The molecule has 22 nitrogen and oxygen atoms in total. The van der Waals surface area contributed by atoms with Gasteiger partial charge in [-0.05, 0) is 99.4 Å². The van der Waals surface area contributed by atoms with Crippen molar-refractivity contribution in [3.63, 3.8) is 0 Å². The molecule has 7 amide bonds. The minimum atomic E-state index is -1.53. The molecule has 0 saturated carbocycles. The van der Waals surface area contributed by atoms with Crippen LogP contribution in [0.3, 0.4) is 0 Å². The summed E-state index contributed by atoms with van der Waals surface area (Å²) in [5, 5.41) is 34.5. The van der Waals surface area contributed by atoms with Crippen LogP contribution in [0.15, 0.2) is 115 Å². The number of phenols is 2. The van der Waals surface area contributed by atoms with Crippen molar-refractivity contribution < 1.29 is 62.8 Å². The number of aromatic hydroxyl groups is 2. The summed E-state index contributed by atoms with van der Waals surface area (Å²) < 4.78 is 12.2. The number of Topliss-reactive ketones (excluding diaryl/α,β-unsaturated/α-hetero) is 1. The normalized spacial score (nSPS) is 16.7. The van der Waals surface area contributed by atoms with Crippen LogP contribution in [0.4, 0.5) is 0 Å². The first-order chi connectivity index (χ1) is 40.1. The molecule has 1 fully saturated rings. The number of ether oxygens (including phenoxy) is 2. The first-order valence-electron chi connectivity index (χ1n) is 28.0. The highest BCUT2D eigenvalue weighted by Gasteiger charge is 2.54. The lowest BCUT2D eigenvalue weighted by Crippen LogP contribution is -2.60. The maximum atomic E-state index is 14.9. The number of fused-ring (bicyclic) bond motifs is 6. The molecule has 5 aromatic carbocycles. The quantitative estimate of drug-likeness (QED) is 0.0313. The summed E-state index contributed by atoms with van der Waals surface area (Å²) in [6.45, 7) is 6.51. The number of benzene rings is 5. The van der Waals surface area contributed by atoms with Gasteiger partial charge in [-0.2, -0.15) is 0 Å². The van der Waals surface area contributed by atoms with Gasteiger partial charge in [-0.15, -0.1) is 0 Å². The SMILES string of the molecule is CC(C)[C@H](NC(=O)[C@H](C)N)C(=O)N1CCC[C@H]1C(=O)N[C@H](C(=O)N[C@@H](C)C(=O)N[C@@H](CCCCNC(=O)c1ccc2c(c1)C(=O)OC21c2ccc(O)cc2Oc2cc(O)ccc21)C(=O)C[C@@H](CN)C(N)=O)C(c1ccccc1)c1ccccc1. The van der Waals surface area contributed by atoms with Crippen molar-refractivity contribution in [2.45, 2.75) is 114 Å². The van der Waals surface area contributed by atoms with Crippen LogP contribution in [0.2, 0.25) is 0 Å². The number of carbonyl (C=O) groups excluding carboxylic acids is 9. The Morgan fingerprint density at radius 2 is 1.32 bits per heavy atom. The van der Waals surface area contributed by atoms with Crippen LogP contribution in [-0.2, 0) is 43.9 Å². The summed E-state index contributed by atoms with van der Waals surface area (Å²) in [5.41, 5.74) is 18.4. The Bertz CT molecular complexity index is 3230. The van der Waals surface area contributed by atoms with Crippen molar-refractivity contribution in [2.75, 3.05) is 19.6 Å². The molecule has 13 N–H and O–H groups in total. The molecule has 0 aromatic heterocycles. The highest BCUT2D eigenvalue weighted by Crippen LogP contribution is 2.57. The zero-order chi connectivity index (χ0) is 60.6. The molecule has 3 aliphatic rings. The number of hydrogen-bond acceptors (Lipinski definition) is 15. The molecule has 0 bridgehead atoms. The summed E-state index contributed by atoms with van der Waals surface area (Å²) in [6.07, 6.45) is 0.910. The van der Waals surface area contributed by atoms with Crippen molar-refractivity contribution in [3.8, 4) is 23.0 Å². The Kier molecular flexibility index (Phi) is 19.1. The van der Waals surface area contributed by atoms with Crippen LogP contribution in [-0.4, -0.2) is 124 Å². The van der Waals surface area contributed by atoms with Gasteiger partial charge in [0.05, 0.1) is 23.6 Å². The number of likely N-dealkylation sites (tertiary alicyclic amines) is 1. The van der Waals surface area contributed by atoms with E-state index in [1.165, 1.54) is 55.1 Å². The van der Waals surface area contributed by atoms with E-state index in [1.54, 1.807) is 92.7 Å². The van der Waals surface area contributed by atoms with E-state index in [-0.39, 0.29) is 78.9 Å². The van der Waals surface area contributed by atoms with Crippen molar-refractivity contribution in [1.82, 2.24) is 31.5 Å². The highest BCUT2D eigenvalue weighted by atomic mass is 16.6. The lowest BCUT2D eigenvalue weighted by atomic mass is 9.77.